The van der Waals surface area contributed by atoms with E-state index in [0.717, 1.165) is 23.4 Å². The van der Waals surface area contributed by atoms with Crippen molar-refractivity contribution in [2.24, 2.45) is 5.41 Å². The highest BCUT2D eigenvalue weighted by atomic mass is 127. The number of aromatic nitrogens is 2. The largest absolute Gasteiger partial charge is 0.326 e. The van der Waals surface area contributed by atoms with Crippen molar-refractivity contribution in [2.45, 2.75) is 38.6 Å². The first-order chi connectivity index (χ1) is 8.89. The summed E-state index contributed by atoms with van der Waals surface area (Å²) in [6.45, 7) is 5.04. The molecule has 19 heavy (non-hydrogen) atoms. The van der Waals surface area contributed by atoms with E-state index in [4.69, 9.17) is 11.6 Å². The molecule has 3 rings (SSSR count). The summed E-state index contributed by atoms with van der Waals surface area (Å²) >= 11 is 8.22. The van der Waals surface area contributed by atoms with Crippen molar-refractivity contribution >= 4 is 45.2 Å². The van der Waals surface area contributed by atoms with Crippen LogP contribution in [0.15, 0.2) is 12.1 Å². The Morgan fingerprint density at radius 3 is 2.79 bits per heavy atom. The molecule has 102 valence electrons. The average molecular weight is 393 g/mol. The highest BCUT2D eigenvalue weighted by Crippen LogP contribution is 2.47. The lowest BCUT2D eigenvalue weighted by Crippen LogP contribution is -2.11. The molecule has 0 bridgehead atoms. The molecule has 2 aromatic rings. The average Bonchev–Trinajstić information content (AvgIpc) is 2.96. The summed E-state index contributed by atoms with van der Waals surface area (Å²) in [5.41, 5.74) is 2.01. The van der Waals surface area contributed by atoms with Gasteiger partial charge in [0.2, 0.25) is 0 Å². The van der Waals surface area contributed by atoms with Crippen LogP contribution in [0.3, 0.4) is 0 Å². The van der Waals surface area contributed by atoms with Gasteiger partial charge in [-0.1, -0.05) is 6.92 Å². The lowest BCUT2D eigenvalue weighted by molar-refractivity contribution is 0.460. The third kappa shape index (κ3) is 2.49. The standard InChI is InChI=1S/C14H15ClFIN2/c1-8(15)13-18-11-6-10(17)9(16)5-12(11)19(13)7-14(2)3-4-14/h5-6,8H,3-4,7H2,1-2H3. The number of halogens is 3. The van der Waals surface area contributed by atoms with Crippen molar-refractivity contribution in [3.8, 4) is 0 Å². The smallest absolute Gasteiger partial charge is 0.138 e. The van der Waals surface area contributed by atoms with Gasteiger partial charge in [0.1, 0.15) is 11.6 Å². The molecule has 0 radical (unpaired) electrons. The second kappa shape index (κ2) is 4.58. The van der Waals surface area contributed by atoms with Crippen LogP contribution in [0.5, 0.6) is 0 Å². The molecule has 1 aliphatic carbocycles. The molecule has 1 aromatic heterocycles. The summed E-state index contributed by atoms with van der Waals surface area (Å²) < 4.78 is 16.5. The van der Waals surface area contributed by atoms with Gasteiger partial charge in [-0.05, 0) is 53.8 Å². The molecule has 0 aliphatic heterocycles. The minimum absolute atomic E-state index is 0.171. The van der Waals surface area contributed by atoms with Gasteiger partial charge in [0.25, 0.3) is 0 Å². The number of rotatable bonds is 3. The van der Waals surface area contributed by atoms with Crippen molar-refractivity contribution < 1.29 is 4.39 Å². The van der Waals surface area contributed by atoms with Gasteiger partial charge in [0.15, 0.2) is 0 Å². The molecule has 1 unspecified atom stereocenters. The number of fused-ring (bicyclic) bond motifs is 1. The Morgan fingerprint density at radius 2 is 2.21 bits per heavy atom. The number of imidazole rings is 1. The van der Waals surface area contributed by atoms with E-state index in [0.29, 0.717) is 8.99 Å². The summed E-state index contributed by atoms with van der Waals surface area (Å²) in [6, 6.07) is 3.37. The van der Waals surface area contributed by atoms with Crippen molar-refractivity contribution in [3.63, 3.8) is 0 Å². The minimum atomic E-state index is -0.191. The molecular formula is C14H15ClFIN2. The quantitative estimate of drug-likeness (QED) is 0.538. The maximum Gasteiger partial charge on any atom is 0.138 e. The van der Waals surface area contributed by atoms with E-state index in [-0.39, 0.29) is 11.2 Å². The molecular weight excluding hydrogens is 378 g/mol. The Balaban J connectivity index is 2.19. The van der Waals surface area contributed by atoms with E-state index < -0.39 is 0 Å². The van der Waals surface area contributed by atoms with Crippen LogP contribution in [-0.4, -0.2) is 9.55 Å². The Hall–Kier alpha value is -0.360. The monoisotopic (exact) mass is 392 g/mol. The maximum absolute atomic E-state index is 13.8. The second-order valence-electron chi connectivity index (χ2n) is 5.74. The first-order valence-electron chi connectivity index (χ1n) is 6.39. The molecule has 1 heterocycles. The van der Waals surface area contributed by atoms with Gasteiger partial charge >= 0.3 is 0 Å². The number of hydrogen-bond donors (Lipinski definition) is 0. The van der Waals surface area contributed by atoms with E-state index >= 15 is 0 Å². The van der Waals surface area contributed by atoms with Crippen LogP contribution in [-0.2, 0) is 6.54 Å². The van der Waals surface area contributed by atoms with E-state index in [1.165, 1.54) is 12.8 Å². The van der Waals surface area contributed by atoms with Crippen molar-refractivity contribution in [3.05, 3.63) is 27.3 Å². The van der Waals surface area contributed by atoms with Gasteiger partial charge in [-0.15, -0.1) is 11.6 Å². The molecule has 1 saturated carbocycles. The Kier molecular flexibility index (Phi) is 3.29. The molecule has 0 spiro atoms. The van der Waals surface area contributed by atoms with Gasteiger partial charge in [0.05, 0.1) is 20.0 Å². The number of benzene rings is 1. The van der Waals surface area contributed by atoms with Crippen LogP contribution in [0.4, 0.5) is 4.39 Å². The van der Waals surface area contributed by atoms with E-state index in [1.54, 1.807) is 12.1 Å². The third-order valence-corrected chi connectivity index (χ3v) is 4.84. The lowest BCUT2D eigenvalue weighted by Gasteiger charge is -2.15. The zero-order chi connectivity index (χ0) is 13.8. The predicted octanol–water partition coefficient (Wildman–Crippen LogP) is 4.88. The summed E-state index contributed by atoms with van der Waals surface area (Å²) in [5, 5.41) is -0.171. The molecule has 0 amide bonds. The van der Waals surface area contributed by atoms with Gasteiger partial charge in [-0.2, -0.15) is 0 Å². The molecule has 5 heteroatoms. The van der Waals surface area contributed by atoms with E-state index in [2.05, 4.69) is 16.5 Å². The van der Waals surface area contributed by atoms with Crippen molar-refractivity contribution in [2.75, 3.05) is 0 Å². The molecule has 1 aromatic carbocycles. The highest BCUT2D eigenvalue weighted by Gasteiger charge is 2.38. The fourth-order valence-electron chi connectivity index (χ4n) is 2.36. The molecule has 2 nitrogen and oxygen atoms in total. The van der Waals surface area contributed by atoms with Gasteiger partial charge in [-0.25, -0.2) is 9.37 Å². The van der Waals surface area contributed by atoms with Crippen LogP contribution in [0.1, 0.15) is 37.9 Å². The second-order valence-corrected chi connectivity index (χ2v) is 7.55. The number of alkyl halides is 1. The molecule has 0 N–H and O–H groups in total. The maximum atomic E-state index is 13.8. The number of nitrogens with zero attached hydrogens (tertiary/aromatic N) is 2. The minimum Gasteiger partial charge on any atom is -0.326 e. The van der Waals surface area contributed by atoms with E-state index in [1.807, 2.05) is 29.5 Å². The van der Waals surface area contributed by atoms with Crippen LogP contribution < -0.4 is 0 Å². The summed E-state index contributed by atoms with van der Waals surface area (Å²) in [7, 11) is 0. The third-order valence-electron chi connectivity index (χ3n) is 3.82. The van der Waals surface area contributed by atoms with E-state index in [9.17, 15) is 4.39 Å². The first-order valence-corrected chi connectivity index (χ1v) is 7.90. The predicted molar refractivity (Wildman–Crippen MR) is 84.0 cm³/mol. The van der Waals surface area contributed by atoms with Gasteiger partial charge in [-0.3, -0.25) is 0 Å². The van der Waals surface area contributed by atoms with Crippen molar-refractivity contribution in [1.29, 1.82) is 0 Å². The van der Waals surface area contributed by atoms with Crippen molar-refractivity contribution in [1.82, 2.24) is 9.55 Å². The molecule has 1 aliphatic rings. The molecule has 0 saturated heterocycles. The van der Waals surface area contributed by atoms with Gasteiger partial charge in [0, 0.05) is 12.6 Å². The zero-order valence-corrected chi connectivity index (χ0v) is 13.8. The van der Waals surface area contributed by atoms with Crippen LogP contribution >= 0.6 is 34.2 Å². The molecule has 1 atom stereocenters. The fourth-order valence-corrected chi connectivity index (χ4v) is 2.98. The topological polar surface area (TPSA) is 17.8 Å². The number of hydrogen-bond acceptors (Lipinski definition) is 1. The van der Waals surface area contributed by atoms with Gasteiger partial charge < -0.3 is 4.57 Å². The Bertz CT molecular complexity index is 646. The van der Waals surface area contributed by atoms with Crippen LogP contribution in [0.25, 0.3) is 11.0 Å². The Labute approximate surface area is 130 Å². The molecule has 1 fully saturated rings. The summed E-state index contributed by atoms with van der Waals surface area (Å²) in [6.07, 6.45) is 2.44. The first kappa shape index (κ1) is 13.6. The summed E-state index contributed by atoms with van der Waals surface area (Å²) in [5.74, 6) is 0.648. The SMILES string of the molecule is CC(Cl)c1nc2cc(I)c(F)cc2n1CC1(C)CC1. The normalized spacial score (nSPS) is 18.8. The van der Waals surface area contributed by atoms with Crippen LogP contribution in [0, 0.1) is 14.8 Å². The zero-order valence-electron chi connectivity index (χ0n) is 10.9. The Morgan fingerprint density at radius 1 is 1.53 bits per heavy atom. The van der Waals surface area contributed by atoms with Crippen LogP contribution in [0.2, 0.25) is 0 Å². The lowest BCUT2D eigenvalue weighted by atomic mass is 10.1. The summed E-state index contributed by atoms with van der Waals surface area (Å²) in [4.78, 5) is 4.59. The fraction of sp³-hybridized carbons (Fsp3) is 0.500. The highest BCUT2D eigenvalue weighted by molar-refractivity contribution is 14.1.